The van der Waals surface area contributed by atoms with E-state index in [0.29, 0.717) is 49.6 Å². The van der Waals surface area contributed by atoms with E-state index in [1.54, 1.807) is 30.8 Å². The zero-order valence-electron chi connectivity index (χ0n) is 68.5. The number of nitrogens with zero attached hydrogens (tertiary/aromatic N) is 2. The van der Waals surface area contributed by atoms with Crippen molar-refractivity contribution >= 4 is 85.0 Å². The third-order valence-electron chi connectivity index (χ3n) is 14.0. The number of nitrogens with two attached hydrogens (primary N) is 5. The predicted octanol–water partition coefficient (Wildman–Crippen LogP) is 7.63. The van der Waals surface area contributed by atoms with Gasteiger partial charge in [-0.15, -0.1) is 0 Å². The summed E-state index contributed by atoms with van der Waals surface area (Å²) in [5.41, 5.74) is 29.2. The lowest BCUT2D eigenvalue weighted by molar-refractivity contribution is -0.193. The molecule has 14 N–H and O–H groups in total. The van der Waals surface area contributed by atoms with E-state index in [9.17, 15) is 24.0 Å². The summed E-state index contributed by atoms with van der Waals surface area (Å²) in [6.07, 6.45) is 16.7. The topological polar surface area (TPSA) is 515 Å². The number of carbonyl (C=O) groups is 5. The highest BCUT2D eigenvalue weighted by molar-refractivity contribution is 6.74. The zero-order valence-corrected chi connectivity index (χ0v) is 70.5. The molecule has 2 rings (SSSR count). The molecule has 1 fully saturated rings. The maximum absolute atomic E-state index is 10.6. The van der Waals surface area contributed by atoms with E-state index >= 15 is 0 Å². The van der Waals surface area contributed by atoms with Gasteiger partial charge in [0.05, 0.1) is 41.3 Å². The summed E-state index contributed by atoms with van der Waals surface area (Å²) in [6.45, 7) is 50.1. The van der Waals surface area contributed by atoms with E-state index in [1.165, 1.54) is 41.3 Å². The number of aromatic nitrogens is 2. The number of ketones is 1. The van der Waals surface area contributed by atoms with Crippen molar-refractivity contribution in [1.82, 2.24) is 9.78 Å². The molecule has 2 atom stereocenters. The summed E-state index contributed by atoms with van der Waals surface area (Å²) in [4.78, 5) is 117. The molecule has 0 bridgehead atoms. The molecular weight excluding hydrogens is 1400 g/mol. The molecular formula is C71H143BN7O24Si2. The summed E-state index contributed by atoms with van der Waals surface area (Å²) in [7, 11) is 2.12. The van der Waals surface area contributed by atoms with Crippen molar-refractivity contribution < 1.29 is 115 Å². The minimum atomic E-state index is -1.64. The summed E-state index contributed by atoms with van der Waals surface area (Å²) in [6, 6.07) is 1.96. The fraction of sp³-hybridized carbons (Fsp3) is 0.775. The maximum atomic E-state index is 10.6. The minimum absolute atomic E-state index is 0. The van der Waals surface area contributed by atoms with Crippen molar-refractivity contribution in [2.24, 2.45) is 40.5 Å². The number of allylic oxidation sites excluding steroid dienone is 2. The number of aliphatic hydroxyl groups is 4. The van der Waals surface area contributed by atoms with Gasteiger partial charge in [-0.2, -0.15) is 43.5 Å². The summed E-state index contributed by atoms with van der Waals surface area (Å²) in [5, 5.41) is 37.8. The molecule has 1 aliphatic rings. The van der Waals surface area contributed by atoms with Gasteiger partial charge in [-0.3, -0.25) is 24.0 Å². The smallest absolute Gasteiger partial charge is 0.373 e. The number of rotatable bonds is 28. The average Bonchev–Trinajstić information content (AvgIpc) is 1.36. The van der Waals surface area contributed by atoms with Crippen LogP contribution in [0.2, 0.25) is 36.3 Å². The molecule has 2 heterocycles. The number of ether oxygens (including phenoxy) is 5. The first kappa shape index (κ1) is 128. The first-order chi connectivity index (χ1) is 48.0. The molecule has 617 valence electrons. The number of esters is 4. The maximum Gasteiger partial charge on any atom is 0.373 e. The molecule has 1 aliphatic heterocycles. The number of carbonyl (C=O) groups excluding carboxylic acids is 13. The number of aliphatic hydroxyl groups excluding tert-OH is 4. The standard InChI is InChI=1S/C17H41NO2Si2.C7H14O2.C6H8N2.C6H13NO2.C6H11NO2.C6H10O3.C6H14O2.C5H13NO2.C4H11N.C4H8O.4CO2.B/c1-16(2,3)21(7,8)19-13-11-15(18)12-14-20-22(9,10)17(4,5)6;1-4-6(2)5-7(8)9-3;1-6(2)8-5-3-4-7-8;3*1-3-5(7)4-6(8)9-2;1-6(2-4-7)3-5-8;6-5(1-3-7)2-4-8;1-4(2,3)5;1-2-4-5-3-1;4*2-1-3;/h15H,11-14,18H2,1-10H3;6H,4-5H2,1-3H3;3-5H,1H2,2H3;5H,3-4,7H2,1-2H3;3H,4,7H2,1-2H3;3-4H2,1-2H3;6-8H,2-5H2,1H3;5,7-8H,1-4,6H2;5H2,1-3H3;1-4H2;;;;;/b;;;;5-3-;;;;;;;;;;. The van der Waals surface area contributed by atoms with Crippen LogP contribution in [0.25, 0.3) is 5.70 Å². The van der Waals surface area contributed by atoms with Gasteiger partial charge in [-0.05, 0) is 147 Å². The van der Waals surface area contributed by atoms with Crippen LogP contribution in [0.4, 0.5) is 0 Å². The van der Waals surface area contributed by atoms with Crippen molar-refractivity contribution in [2.45, 2.75) is 267 Å². The van der Waals surface area contributed by atoms with Crippen LogP contribution in [0.1, 0.15) is 207 Å². The monoisotopic (exact) mass is 1540 g/mol. The Morgan fingerprint density at radius 2 is 0.905 bits per heavy atom. The third kappa shape index (κ3) is 122. The Hall–Kier alpha value is -6.38. The highest BCUT2D eigenvalue weighted by Gasteiger charge is 2.38. The molecule has 31 nitrogen and oxygen atoms in total. The van der Waals surface area contributed by atoms with Crippen molar-refractivity contribution in [3.05, 3.63) is 36.8 Å². The highest BCUT2D eigenvalue weighted by atomic mass is 28.4. The molecule has 1 aromatic heterocycles. The van der Waals surface area contributed by atoms with Crippen LogP contribution in [0, 0.1) is 11.8 Å². The number of hydrogen-bond acceptors (Lipinski definition) is 30. The van der Waals surface area contributed by atoms with Crippen LogP contribution in [0.5, 0.6) is 0 Å². The SMILES string of the molecule is C/C=C(\N)CC(=O)OC.C1CCOC1.C=C(C)n1cccn1.CC(C)(C)N.CC(C)(C)[Si](C)(C)OCCC(N)CCO[Si](C)(C)C(C)(C)C.CC(CCO)CCO.CCC(=O)CC(=O)OC.CCC(C)CC(=O)OC.CCC(N)CC(=O)OC.NC(CCO)CCO.O=C=O.O=C=O.O=C=O.O=C=O.[B]. The second kappa shape index (κ2) is 88.2. The van der Waals surface area contributed by atoms with Gasteiger partial charge in [0.15, 0.2) is 16.6 Å². The fourth-order valence-electron chi connectivity index (χ4n) is 5.23. The molecule has 0 saturated carbocycles. The number of hydrogen-bond donors (Lipinski definition) is 9. The third-order valence-corrected chi connectivity index (χ3v) is 23.1. The van der Waals surface area contributed by atoms with Crippen LogP contribution in [0.15, 0.2) is 36.8 Å². The Bertz CT molecular complexity index is 2170. The van der Waals surface area contributed by atoms with Gasteiger partial charge in [0, 0.05) is 122 Å². The molecule has 0 aromatic carbocycles. The molecule has 0 aliphatic carbocycles. The Morgan fingerprint density at radius 3 is 1.13 bits per heavy atom. The van der Waals surface area contributed by atoms with E-state index in [1.807, 2.05) is 60.7 Å². The molecule has 105 heavy (non-hydrogen) atoms. The Labute approximate surface area is 633 Å². The largest absolute Gasteiger partial charge is 0.469 e. The van der Waals surface area contributed by atoms with E-state index in [4.69, 9.17) is 101 Å². The zero-order chi connectivity index (χ0) is 84.6. The first-order valence-corrected chi connectivity index (χ1v) is 40.0. The summed E-state index contributed by atoms with van der Waals surface area (Å²) >= 11 is 0. The molecule has 34 heteroatoms. The lowest BCUT2D eigenvalue weighted by atomic mass is 10.1. The molecule has 3 radical (unpaired) electrons. The van der Waals surface area contributed by atoms with Gasteiger partial charge in [0.25, 0.3) is 0 Å². The van der Waals surface area contributed by atoms with Crippen LogP contribution in [-0.4, -0.2) is 214 Å². The fourth-order valence-corrected chi connectivity index (χ4v) is 7.35. The normalized spacial score (nSPS) is 11.3. The summed E-state index contributed by atoms with van der Waals surface area (Å²) in [5.74, 6) is -0.259. The Kier molecular flexibility index (Phi) is 108. The Morgan fingerprint density at radius 1 is 0.581 bits per heavy atom. The van der Waals surface area contributed by atoms with Crippen LogP contribution in [-0.2, 0) is 94.9 Å². The van der Waals surface area contributed by atoms with Crippen LogP contribution < -0.4 is 28.7 Å². The van der Waals surface area contributed by atoms with Gasteiger partial charge >= 0.3 is 48.5 Å². The van der Waals surface area contributed by atoms with E-state index in [2.05, 4.69) is 105 Å². The van der Waals surface area contributed by atoms with Gasteiger partial charge < -0.3 is 81.6 Å². The predicted molar refractivity (Wildman–Crippen MR) is 408 cm³/mol. The lowest BCUT2D eigenvalue weighted by Gasteiger charge is -2.37. The van der Waals surface area contributed by atoms with Crippen LogP contribution in [0.3, 0.4) is 0 Å². The van der Waals surface area contributed by atoms with E-state index < -0.39 is 22.6 Å². The van der Waals surface area contributed by atoms with Crippen molar-refractivity contribution in [1.29, 1.82) is 0 Å². The van der Waals surface area contributed by atoms with Crippen molar-refractivity contribution in [3.8, 4) is 0 Å². The Balaban J connectivity index is -0.0000000821. The lowest BCUT2D eigenvalue weighted by Crippen LogP contribution is -2.42. The minimum Gasteiger partial charge on any atom is -0.469 e. The van der Waals surface area contributed by atoms with Gasteiger partial charge in [-0.25, -0.2) is 4.68 Å². The second-order valence-electron chi connectivity index (χ2n) is 26.7. The quantitative estimate of drug-likeness (QED) is 0.0168. The highest BCUT2D eigenvalue weighted by Crippen LogP contribution is 2.37. The van der Waals surface area contributed by atoms with Gasteiger partial charge in [0.2, 0.25) is 0 Å². The summed E-state index contributed by atoms with van der Waals surface area (Å²) < 4.78 is 36.6. The van der Waals surface area contributed by atoms with Crippen LogP contribution >= 0.6 is 0 Å². The molecule has 0 amide bonds. The number of Topliss-reactive ketones (excluding diaryl/α,β-unsaturated/α-hetero) is 1. The average molecular weight is 1550 g/mol. The molecule has 1 aromatic rings. The van der Waals surface area contributed by atoms with E-state index in [0.717, 1.165) is 70.6 Å². The number of methoxy groups -OCH3 is 4. The second-order valence-corrected chi connectivity index (χ2v) is 36.3. The molecule has 2 unspecified atom stereocenters. The molecule has 0 spiro atoms. The van der Waals surface area contributed by atoms with Gasteiger partial charge in [-0.1, -0.05) is 95.2 Å². The van der Waals surface area contributed by atoms with Gasteiger partial charge in [0.1, 0.15) is 12.2 Å². The van der Waals surface area contributed by atoms with Crippen molar-refractivity contribution in [2.75, 3.05) is 81.3 Å². The van der Waals surface area contributed by atoms with Crippen molar-refractivity contribution in [3.63, 3.8) is 0 Å². The molecule has 1 saturated heterocycles. The van der Waals surface area contributed by atoms with E-state index in [-0.39, 0.29) is 130 Å². The first-order valence-electron chi connectivity index (χ1n) is 34.2.